The molecule has 29 heavy (non-hydrogen) atoms. The number of nitrogens with zero attached hydrogens (tertiary/aromatic N) is 4. The third kappa shape index (κ3) is 4.03. The second-order valence-corrected chi connectivity index (χ2v) is 7.41. The van der Waals surface area contributed by atoms with E-state index in [4.69, 9.17) is 4.74 Å². The van der Waals surface area contributed by atoms with E-state index < -0.39 is 17.8 Å². The van der Waals surface area contributed by atoms with Gasteiger partial charge < -0.3 is 10.1 Å². The summed E-state index contributed by atoms with van der Waals surface area (Å²) in [6.45, 7) is 2.42. The Balaban J connectivity index is 1.52. The number of hydrogen-bond donors (Lipinski definition) is 2. The van der Waals surface area contributed by atoms with Crippen LogP contribution < -0.4 is 5.32 Å². The molecule has 2 N–H and O–H groups in total. The molecular formula is C17H17F3N6O2S. The Morgan fingerprint density at radius 1 is 1.45 bits per heavy atom. The summed E-state index contributed by atoms with van der Waals surface area (Å²) in [5.41, 5.74) is -0.810. The molecule has 3 aromatic rings. The van der Waals surface area contributed by atoms with Crippen molar-refractivity contribution in [2.24, 2.45) is 0 Å². The Labute approximate surface area is 167 Å². The lowest BCUT2D eigenvalue weighted by Crippen LogP contribution is -2.33. The van der Waals surface area contributed by atoms with Crippen LogP contribution in [-0.2, 0) is 10.9 Å². The van der Waals surface area contributed by atoms with Crippen LogP contribution in [0.3, 0.4) is 0 Å². The fourth-order valence-electron chi connectivity index (χ4n) is 3.07. The van der Waals surface area contributed by atoms with Crippen LogP contribution in [0, 0.1) is 0 Å². The highest BCUT2D eigenvalue weighted by molar-refractivity contribution is 7.13. The molecular weight excluding hydrogens is 409 g/mol. The van der Waals surface area contributed by atoms with Crippen LogP contribution in [0.1, 0.15) is 42.0 Å². The number of aromatic amines is 1. The molecule has 4 rings (SSSR count). The highest BCUT2D eigenvalue weighted by Crippen LogP contribution is 2.39. The molecule has 3 aromatic heterocycles. The molecule has 0 aliphatic heterocycles. The minimum absolute atomic E-state index is 0.0205. The van der Waals surface area contributed by atoms with Crippen LogP contribution in [-0.4, -0.2) is 43.6 Å². The number of amides is 1. The molecule has 0 saturated heterocycles. The Kier molecular flexibility index (Phi) is 5.13. The molecule has 8 nitrogen and oxygen atoms in total. The summed E-state index contributed by atoms with van der Waals surface area (Å²) in [5, 5.41) is 14.4. The molecule has 1 saturated carbocycles. The summed E-state index contributed by atoms with van der Waals surface area (Å²) in [5.74, 6) is -0.734. The SMILES string of the molecule is CCOC1CC(n2cc(NC(=O)c3csc(-c4cn[nH]c4)n3)c(C(F)(F)F)n2)C1. The number of hydrogen-bond acceptors (Lipinski definition) is 6. The minimum Gasteiger partial charge on any atom is -0.378 e. The van der Waals surface area contributed by atoms with Gasteiger partial charge in [-0.3, -0.25) is 14.6 Å². The van der Waals surface area contributed by atoms with Crippen molar-refractivity contribution < 1.29 is 22.7 Å². The summed E-state index contributed by atoms with van der Waals surface area (Å²) in [7, 11) is 0. The number of thiazole rings is 1. The van der Waals surface area contributed by atoms with Crippen LogP contribution >= 0.6 is 11.3 Å². The van der Waals surface area contributed by atoms with Gasteiger partial charge in [0.05, 0.1) is 24.0 Å². The molecule has 1 aliphatic rings. The summed E-state index contributed by atoms with van der Waals surface area (Å²) < 4.78 is 46.9. The molecule has 1 fully saturated rings. The molecule has 3 heterocycles. The highest BCUT2D eigenvalue weighted by Gasteiger charge is 2.40. The first kappa shape index (κ1) is 19.6. The summed E-state index contributed by atoms with van der Waals surface area (Å²) >= 11 is 1.19. The fraction of sp³-hybridized carbons (Fsp3) is 0.412. The van der Waals surface area contributed by atoms with Gasteiger partial charge in [-0.15, -0.1) is 11.3 Å². The van der Waals surface area contributed by atoms with Gasteiger partial charge in [0.1, 0.15) is 10.7 Å². The molecule has 154 valence electrons. The molecule has 0 aromatic carbocycles. The minimum atomic E-state index is -4.69. The largest absolute Gasteiger partial charge is 0.437 e. The summed E-state index contributed by atoms with van der Waals surface area (Å²) in [6.07, 6.45) is 0.873. The van der Waals surface area contributed by atoms with E-state index in [0.29, 0.717) is 30.0 Å². The van der Waals surface area contributed by atoms with Crippen molar-refractivity contribution in [3.05, 3.63) is 35.4 Å². The van der Waals surface area contributed by atoms with Crippen LogP contribution in [0.25, 0.3) is 10.6 Å². The zero-order valence-corrected chi connectivity index (χ0v) is 16.0. The Bertz CT molecular complexity index is 991. The maximum atomic E-state index is 13.4. The van der Waals surface area contributed by atoms with Crippen LogP contribution in [0.15, 0.2) is 24.0 Å². The zero-order valence-electron chi connectivity index (χ0n) is 15.2. The van der Waals surface area contributed by atoms with Crippen molar-refractivity contribution in [1.82, 2.24) is 25.0 Å². The second kappa shape index (κ2) is 7.59. The van der Waals surface area contributed by atoms with E-state index >= 15 is 0 Å². The van der Waals surface area contributed by atoms with Gasteiger partial charge >= 0.3 is 6.18 Å². The molecule has 1 amide bonds. The number of carbonyl (C=O) groups is 1. The topological polar surface area (TPSA) is 97.7 Å². The van der Waals surface area contributed by atoms with E-state index in [2.05, 4.69) is 25.6 Å². The van der Waals surface area contributed by atoms with Crippen LogP contribution in [0.5, 0.6) is 0 Å². The number of anilines is 1. The monoisotopic (exact) mass is 426 g/mol. The smallest absolute Gasteiger partial charge is 0.378 e. The number of nitrogens with one attached hydrogen (secondary N) is 2. The highest BCUT2D eigenvalue weighted by atomic mass is 32.1. The van der Waals surface area contributed by atoms with Crippen LogP contribution in [0.4, 0.5) is 18.9 Å². The van der Waals surface area contributed by atoms with Crippen molar-refractivity contribution in [3.8, 4) is 10.6 Å². The zero-order chi connectivity index (χ0) is 20.6. The van der Waals surface area contributed by atoms with Gasteiger partial charge in [0, 0.05) is 29.9 Å². The van der Waals surface area contributed by atoms with Crippen molar-refractivity contribution in [1.29, 1.82) is 0 Å². The van der Waals surface area contributed by atoms with Gasteiger partial charge in [-0.2, -0.15) is 23.4 Å². The average molecular weight is 426 g/mol. The van der Waals surface area contributed by atoms with E-state index in [-0.39, 0.29) is 23.5 Å². The fourth-order valence-corrected chi connectivity index (χ4v) is 3.85. The van der Waals surface area contributed by atoms with Crippen molar-refractivity contribution in [2.45, 2.75) is 38.1 Å². The molecule has 12 heteroatoms. The van der Waals surface area contributed by atoms with Gasteiger partial charge in [0.2, 0.25) is 0 Å². The lowest BCUT2D eigenvalue weighted by atomic mass is 9.89. The van der Waals surface area contributed by atoms with E-state index in [0.717, 1.165) is 0 Å². The molecule has 0 radical (unpaired) electrons. The quantitative estimate of drug-likeness (QED) is 0.626. The molecule has 0 spiro atoms. The first-order valence-corrected chi connectivity index (χ1v) is 9.77. The van der Waals surface area contributed by atoms with Crippen LogP contribution in [0.2, 0.25) is 0 Å². The number of rotatable bonds is 6. The summed E-state index contributed by atoms with van der Waals surface area (Å²) in [6, 6.07) is -0.190. The molecule has 0 bridgehead atoms. The number of ether oxygens (including phenoxy) is 1. The Hall–Kier alpha value is -2.73. The number of aromatic nitrogens is 5. The van der Waals surface area contributed by atoms with Crippen molar-refractivity contribution in [2.75, 3.05) is 11.9 Å². The molecule has 0 unspecified atom stereocenters. The number of carbonyl (C=O) groups excluding carboxylic acids is 1. The lowest BCUT2D eigenvalue weighted by Gasteiger charge is -2.34. The third-order valence-corrected chi connectivity index (χ3v) is 5.47. The van der Waals surface area contributed by atoms with Gasteiger partial charge in [-0.05, 0) is 19.8 Å². The standard InChI is InChI=1S/C17H17F3N6O2S/c1-2-28-11-3-10(4-11)26-7-12(14(25-26)17(18,19)20)23-15(27)13-8-29-16(24-13)9-5-21-22-6-9/h5-8,10-11H,2-4H2,1H3,(H,21,22)(H,23,27). The van der Waals surface area contributed by atoms with Gasteiger partial charge in [0.25, 0.3) is 5.91 Å². The predicted molar refractivity (Wildman–Crippen MR) is 98.6 cm³/mol. The van der Waals surface area contributed by atoms with Gasteiger partial charge in [-0.25, -0.2) is 4.98 Å². The molecule has 1 aliphatic carbocycles. The normalized spacial score (nSPS) is 19.2. The molecule has 0 atom stereocenters. The lowest BCUT2D eigenvalue weighted by molar-refractivity contribution is -0.141. The van der Waals surface area contributed by atoms with E-state index in [1.807, 2.05) is 6.92 Å². The Morgan fingerprint density at radius 2 is 2.24 bits per heavy atom. The van der Waals surface area contributed by atoms with E-state index in [1.165, 1.54) is 27.6 Å². The predicted octanol–water partition coefficient (Wildman–Crippen LogP) is 3.74. The van der Waals surface area contributed by atoms with Gasteiger partial charge in [-0.1, -0.05) is 0 Å². The number of H-pyrrole nitrogens is 1. The summed E-state index contributed by atoms with van der Waals surface area (Å²) in [4.78, 5) is 16.6. The van der Waals surface area contributed by atoms with E-state index in [9.17, 15) is 18.0 Å². The van der Waals surface area contributed by atoms with Gasteiger partial charge in [0.15, 0.2) is 5.69 Å². The van der Waals surface area contributed by atoms with Crippen molar-refractivity contribution in [3.63, 3.8) is 0 Å². The average Bonchev–Trinajstić information content (AvgIpc) is 3.35. The first-order chi connectivity index (χ1) is 13.8. The first-order valence-electron chi connectivity index (χ1n) is 8.89. The van der Waals surface area contributed by atoms with E-state index in [1.54, 1.807) is 12.4 Å². The number of alkyl halides is 3. The Morgan fingerprint density at radius 3 is 2.90 bits per heavy atom. The second-order valence-electron chi connectivity index (χ2n) is 6.55. The number of halogens is 3. The maximum Gasteiger partial charge on any atom is 0.437 e. The van der Waals surface area contributed by atoms with Crippen molar-refractivity contribution >= 4 is 22.9 Å². The maximum absolute atomic E-state index is 13.4. The third-order valence-electron chi connectivity index (χ3n) is 4.58.